The van der Waals surface area contributed by atoms with E-state index < -0.39 is 11.7 Å². The van der Waals surface area contributed by atoms with Crippen LogP contribution in [0, 0.1) is 5.92 Å². The van der Waals surface area contributed by atoms with Gasteiger partial charge in [-0.25, -0.2) is 0 Å². The number of piperidine rings is 1. The van der Waals surface area contributed by atoms with Crippen LogP contribution in [0.1, 0.15) is 23.1 Å². The quantitative estimate of drug-likeness (QED) is 0.725. The zero-order valence-corrected chi connectivity index (χ0v) is 17.8. The molecule has 0 saturated carbocycles. The lowest BCUT2D eigenvalue weighted by molar-refractivity contribution is -0.139. The highest BCUT2D eigenvalue weighted by Crippen LogP contribution is 2.31. The first-order valence-corrected chi connectivity index (χ1v) is 10.5. The van der Waals surface area contributed by atoms with Crippen LogP contribution in [0.4, 0.5) is 13.2 Å². The largest absolute Gasteiger partial charge is 0.416 e. The van der Waals surface area contributed by atoms with Crippen LogP contribution in [-0.2, 0) is 28.9 Å². The van der Waals surface area contributed by atoms with Crippen molar-refractivity contribution in [3.05, 3.63) is 65.5 Å². The molecular weight excluding hydrogens is 421 g/mol. The number of hydrogen-bond donors (Lipinski definition) is 0. The van der Waals surface area contributed by atoms with E-state index in [9.17, 15) is 22.8 Å². The summed E-state index contributed by atoms with van der Waals surface area (Å²) in [6.07, 6.45) is -0.386. The first-order valence-electron chi connectivity index (χ1n) is 10.5. The van der Waals surface area contributed by atoms with E-state index in [1.165, 1.54) is 12.1 Å². The SMILES string of the molecule is CN1C(=O)CN(Cc2cccnc2)C(=O)[C@H]2CN(Cc3ccc(C(F)(F)F)cc3)CC[C@H]21. The number of carbonyl (C=O) groups is 2. The highest BCUT2D eigenvalue weighted by atomic mass is 19.4. The monoisotopic (exact) mass is 446 g/mol. The molecule has 2 saturated heterocycles. The van der Waals surface area contributed by atoms with Gasteiger partial charge in [0.25, 0.3) is 0 Å². The van der Waals surface area contributed by atoms with Crippen molar-refractivity contribution < 1.29 is 22.8 Å². The van der Waals surface area contributed by atoms with Gasteiger partial charge in [-0.3, -0.25) is 19.5 Å². The molecule has 2 fully saturated rings. The Hall–Kier alpha value is -2.94. The number of likely N-dealkylation sites (N-methyl/N-ethyl adjacent to an activating group) is 1. The number of hydrogen-bond acceptors (Lipinski definition) is 4. The first-order chi connectivity index (χ1) is 15.2. The lowest BCUT2D eigenvalue weighted by atomic mass is 9.90. The minimum atomic E-state index is -4.36. The zero-order valence-electron chi connectivity index (χ0n) is 17.8. The van der Waals surface area contributed by atoms with E-state index in [4.69, 9.17) is 0 Å². The molecule has 2 aliphatic rings. The Bertz CT molecular complexity index is 965. The molecule has 2 atom stereocenters. The van der Waals surface area contributed by atoms with Crippen LogP contribution in [0.3, 0.4) is 0 Å². The maximum Gasteiger partial charge on any atom is 0.416 e. The van der Waals surface area contributed by atoms with Crippen molar-refractivity contribution in [2.24, 2.45) is 5.92 Å². The Kier molecular flexibility index (Phi) is 6.19. The molecule has 9 heteroatoms. The molecule has 1 aromatic carbocycles. The standard InChI is InChI=1S/C23H25F3N4O2/c1-28-20-8-10-29(12-16-4-6-18(7-5-16)23(24,25)26)14-19(20)22(32)30(15-21(28)31)13-17-3-2-9-27-11-17/h2-7,9,11,19-20H,8,10,12-15H2,1H3/t19-,20+/m0/s1. The van der Waals surface area contributed by atoms with E-state index in [0.717, 1.165) is 23.3 Å². The van der Waals surface area contributed by atoms with Gasteiger partial charge in [0.1, 0.15) is 6.54 Å². The first kappa shape index (κ1) is 22.3. The second kappa shape index (κ2) is 8.90. The molecule has 0 bridgehead atoms. The lowest BCUT2D eigenvalue weighted by Crippen LogP contribution is -2.53. The minimum absolute atomic E-state index is 0.0239. The van der Waals surface area contributed by atoms with Crippen LogP contribution in [0.5, 0.6) is 0 Å². The topological polar surface area (TPSA) is 56.8 Å². The van der Waals surface area contributed by atoms with E-state index in [2.05, 4.69) is 9.88 Å². The maximum atomic E-state index is 13.4. The highest BCUT2D eigenvalue weighted by molar-refractivity contribution is 5.89. The van der Waals surface area contributed by atoms with Crippen molar-refractivity contribution >= 4 is 11.8 Å². The molecule has 2 aromatic rings. The summed E-state index contributed by atoms with van der Waals surface area (Å²) in [5.41, 5.74) is 0.937. The number of nitrogens with zero attached hydrogens (tertiary/aromatic N) is 4. The molecular formula is C23H25F3N4O2. The minimum Gasteiger partial charge on any atom is -0.340 e. The summed E-state index contributed by atoms with van der Waals surface area (Å²) in [5, 5.41) is 0. The van der Waals surface area contributed by atoms with Gasteiger partial charge in [0.2, 0.25) is 11.8 Å². The summed E-state index contributed by atoms with van der Waals surface area (Å²) in [7, 11) is 1.74. The van der Waals surface area contributed by atoms with Crippen LogP contribution in [0.15, 0.2) is 48.8 Å². The van der Waals surface area contributed by atoms with Crippen LogP contribution < -0.4 is 0 Å². The Morgan fingerprint density at radius 2 is 1.81 bits per heavy atom. The summed E-state index contributed by atoms with van der Waals surface area (Å²) in [5.74, 6) is -0.550. The third kappa shape index (κ3) is 4.77. The Morgan fingerprint density at radius 1 is 1.06 bits per heavy atom. The average Bonchev–Trinajstić information content (AvgIpc) is 2.85. The molecule has 6 nitrogen and oxygen atoms in total. The summed E-state index contributed by atoms with van der Waals surface area (Å²) in [6, 6.07) is 8.61. The molecule has 0 spiro atoms. The molecule has 170 valence electrons. The van der Waals surface area contributed by atoms with Gasteiger partial charge in [0.05, 0.1) is 11.5 Å². The van der Waals surface area contributed by atoms with Gasteiger partial charge in [-0.15, -0.1) is 0 Å². The Balaban J connectivity index is 1.49. The molecule has 0 unspecified atom stereocenters. The number of amides is 2. The number of pyridine rings is 1. The van der Waals surface area contributed by atoms with Crippen molar-refractivity contribution in [3.63, 3.8) is 0 Å². The number of likely N-dealkylation sites (tertiary alicyclic amines) is 1. The summed E-state index contributed by atoms with van der Waals surface area (Å²) in [4.78, 5) is 35.5. The fourth-order valence-corrected chi connectivity index (χ4v) is 4.53. The molecule has 0 N–H and O–H groups in total. The molecule has 1 aromatic heterocycles. The van der Waals surface area contributed by atoms with Crippen LogP contribution in [-0.4, -0.2) is 64.2 Å². The second-order valence-corrected chi connectivity index (χ2v) is 8.45. The number of aromatic nitrogens is 1. The van der Waals surface area contributed by atoms with Gasteiger partial charge in [-0.1, -0.05) is 18.2 Å². The Labute approximate surface area is 184 Å². The molecule has 2 aliphatic heterocycles. The molecule has 0 aliphatic carbocycles. The highest BCUT2D eigenvalue weighted by Gasteiger charge is 2.43. The van der Waals surface area contributed by atoms with E-state index >= 15 is 0 Å². The number of carbonyl (C=O) groups excluding carboxylic acids is 2. The number of benzene rings is 1. The predicted molar refractivity (Wildman–Crippen MR) is 111 cm³/mol. The van der Waals surface area contributed by atoms with Crippen LogP contribution >= 0.6 is 0 Å². The van der Waals surface area contributed by atoms with E-state index in [1.54, 1.807) is 35.3 Å². The van der Waals surface area contributed by atoms with Crippen molar-refractivity contribution in [2.45, 2.75) is 31.7 Å². The maximum absolute atomic E-state index is 13.4. The van der Waals surface area contributed by atoms with Crippen molar-refractivity contribution in [1.82, 2.24) is 19.7 Å². The number of fused-ring (bicyclic) bond motifs is 1. The normalized spacial score (nSPS) is 22.6. The van der Waals surface area contributed by atoms with E-state index in [-0.39, 0.29) is 30.3 Å². The summed E-state index contributed by atoms with van der Waals surface area (Å²) < 4.78 is 38.5. The van der Waals surface area contributed by atoms with E-state index in [1.807, 2.05) is 6.07 Å². The van der Waals surface area contributed by atoms with Gasteiger partial charge in [-0.2, -0.15) is 13.2 Å². The zero-order chi connectivity index (χ0) is 22.9. The van der Waals surface area contributed by atoms with Crippen molar-refractivity contribution in [1.29, 1.82) is 0 Å². The average molecular weight is 446 g/mol. The van der Waals surface area contributed by atoms with Gasteiger partial charge in [0.15, 0.2) is 0 Å². The van der Waals surface area contributed by atoms with Gasteiger partial charge < -0.3 is 9.80 Å². The predicted octanol–water partition coefficient (Wildman–Crippen LogP) is 2.79. The fraction of sp³-hybridized carbons (Fsp3) is 0.435. The second-order valence-electron chi connectivity index (χ2n) is 8.45. The third-order valence-electron chi connectivity index (χ3n) is 6.29. The molecule has 3 heterocycles. The third-order valence-corrected chi connectivity index (χ3v) is 6.29. The molecule has 4 rings (SSSR count). The van der Waals surface area contributed by atoms with Crippen molar-refractivity contribution in [2.75, 3.05) is 26.7 Å². The summed E-state index contributed by atoms with van der Waals surface area (Å²) >= 11 is 0. The number of rotatable bonds is 4. The smallest absolute Gasteiger partial charge is 0.340 e. The van der Waals surface area contributed by atoms with Crippen molar-refractivity contribution in [3.8, 4) is 0 Å². The number of halogens is 3. The van der Waals surface area contributed by atoms with Gasteiger partial charge in [-0.05, 0) is 35.7 Å². The molecule has 2 amide bonds. The van der Waals surface area contributed by atoms with E-state index in [0.29, 0.717) is 32.6 Å². The lowest BCUT2D eigenvalue weighted by Gasteiger charge is -2.40. The fourth-order valence-electron chi connectivity index (χ4n) is 4.53. The van der Waals surface area contributed by atoms with Crippen LogP contribution in [0.25, 0.3) is 0 Å². The Morgan fingerprint density at radius 3 is 2.47 bits per heavy atom. The van der Waals surface area contributed by atoms with Crippen LogP contribution in [0.2, 0.25) is 0 Å². The molecule has 0 radical (unpaired) electrons. The summed E-state index contributed by atoms with van der Waals surface area (Å²) in [6.45, 7) is 1.90. The molecule has 32 heavy (non-hydrogen) atoms. The van der Waals surface area contributed by atoms with Gasteiger partial charge >= 0.3 is 6.18 Å². The number of alkyl halides is 3. The van der Waals surface area contributed by atoms with Gasteiger partial charge in [0, 0.05) is 51.7 Å².